The van der Waals surface area contributed by atoms with Gasteiger partial charge in [0, 0.05) is 54.7 Å². The fraction of sp³-hybridized carbons (Fsp3) is 0.241. The number of pyridine rings is 1. The van der Waals surface area contributed by atoms with Gasteiger partial charge in [-0.15, -0.1) is 0 Å². The van der Waals surface area contributed by atoms with Crippen molar-refractivity contribution in [2.75, 3.05) is 30.4 Å². The molecule has 1 fully saturated rings. The van der Waals surface area contributed by atoms with Crippen LogP contribution in [-0.2, 0) is 9.59 Å². The molecule has 210 valence electrons. The Kier molecular flexibility index (Phi) is 8.14. The number of carbonyl (C=O) groups is 1. The first-order valence-corrected chi connectivity index (χ1v) is 14.0. The number of rotatable bonds is 6. The SMILES string of the molecule is CN1C=C(c2ccncc2)C(O)=C(C(=O)Nc2cccc(Sc3cnc(N4CCC(C)(N)CC4)cn3)c2Cl)C1=C=O. The van der Waals surface area contributed by atoms with Crippen LogP contribution in [0.5, 0.6) is 0 Å². The Bertz CT molecular complexity index is 1580. The van der Waals surface area contributed by atoms with E-state index < -0.39 is 5.91 Å². The molecule has 0 unspecified atom stereocenters. The predicted molar refractivity (Wildman–Crippen MR) is 159 cm³/mol. The second-order valence-electron chi connectivity index (χ2n) is 10.1. The van der Waals surface area contributed by atoms with Crippen molar-refractivity contribution in [2.24, 2.45) is 5.73 Å². The van der Waals surface area contributed by atoms with E-state index in [0.29, 0.717) is 26.7 Å². The Labute approximate surface area is 246 Å². The predicted octanol–water partition coefficient (Wildman–Crippen LogP) is 4.45. The Hall–Kier alpha value is -4.15. The number of likely N-dealkylation sites (N-methyl/N-ethyl adjacent to an activating group) is 1. The summed E-state index contributed by atoms with van der Waals surface area (Å²) in [6.07, 6.45) is 9.88. The second kappa shape index (κ2) is 11.8. The van der Waals surface area contributed by atoms with E-state index in [1.807, 2.05) is 0 Å². The lowest BCUT2D eigenvalue weighted by molar-refractivity contribution is -0.112. The van der Waals surface area contributed by atoms with Crippen molar-refractivity contribution in [3.05, 3.63) is 88.9 Å². The summed E-state index contributed by atoms with van der Waals surface area (Å²) >= 11 is 7.99. The van der Waals surface area contributed by atoms with Gasteiger partial charge in [0.2, 0.25) is 0 Å². The number of anilines is 2. The van der Waals surface area contributed by atoms with E-state index >= 15 is 0 Å². The van der Waals surface area contributed by atoms with Gasteiger partial charge in [0.15, 0.2) is 5.94 Å². The molecule has 0 aliphatic carbocycles. The molecule has 0 radical (unpaired) electrons. The number of nitrogens with two attached hydrogens (primary N) is 1. The molecule has 0 atom stereocenters. The number of aliphatic hydroxyl groups excluding tert-OH is 1. The molecule has 2 aromatic heterocycles. The Balaban J connectivity index is 1.34. The third-order valence-corrected chi connectivity index (χ3v) is 8.49. The van der Waals surface area contributed by atoms with Crippen LogP contribution in [0.15, 0.2) is 88.3 Å². The van der Waals surface area contributed by atoms with Crippen LogP contribution < -0.4 is 16.0 Å². The van der Waals surface area contributed by atoms with Gasteiger partial charge >= 0.3 is 0 Å². The van der Waals surface area contributed by atoms with E-state index in [1.54, 1.807) is 74.3 Å². The van der Waals surface area contributed by atoms with Crippen LogP contribution in [0.2, 0.25) is 5.02 Å². The molecule has 1 saturated heterocycles. The maximum Gasteiger partial charge on any atom is 0.262 e. The highest BCUT2D eigenvalue weighted by Gasteiger charge is 2.31. The van der Waals surface area contributed by atoms with Crippen molar-refractivity contribution in [3.63, 3.8) is 0 Å². The van der Waals surface area contributed by atoms with Gasteiger partial charge in [0.25, 0.3) is 5.91 Å². The zero-order chi connectivity index (χ0) is 29.1. The second-order valence-corrected chi connectivity index (χ2v) is 11.5. The topological polar surface area (TPSA) is 138 Å². The highest BCUT2D eigenvalue weighted by atomic mass is 35.5. The largest absolute Gasteiger partial charge is 0.506 e. The summed E-state index contributed by atoms with van der Waals surface area (Å²) in [6.45, 7) is 3.72. The smallest absolute Gasteiger partial charge is 0.262 e. The number of hydrogen-bond acceptors (Lipinski definition) is 10. The normalized spacial score (nSPS) is 16.8. The summed E-state index contributed by atoms with van der Waals surface area (Å²) in [5, 5.41) is 14.7. The number of hydrogen-bond donors (Lipinski definition) is 3. The van der Waals surface area contributed by atoms with E-state index in [2.05, 4.69) is 32.1 Å². The summed E-state index contributed by atoms with van der Waals surface area (Å²) in [5.74, 6) is 1.48. The van der Waals surface area contributed by atoms with Crippen molar-refractivity contribution in [3.8, 4) is 0 Å². The first kappa shape index (κ1) is 28.4. The van der Waals surface area contributed by atoms with E-state index in [0.717, 1.165) is 31.7 Å². The molecule has 0 bridgehead atoms. The number of nitrogens with one attached hydrogen (secondary N) is 1. The van der Waals surface area contributed by atoms with Crippen LogP contribution in [0.3, 0.4) is 0 Å². The molecule has 10 nitrogen and oxygen atoms in total. The summed E-state index contributed by atoms with van der Waals surface area (Å²) in [6, 6.07) is 8.56. The summed E-state index contributed by atoms with van der Waals surface area (Å²) in [7, 11) is 1.60. The molecule has 0 saturated carbocycles. The molecular formula is C29H28ClN7O3S. The molecule has 1 amide bonds. The molecule has 41 heavy (non-hydrogen) atoms. The van der Waals surface area contributed by atoms with Crippen LogP contribution >= 0.6 is 23.4 Å². The minimum Gasteiger partial charge on any atom is -0.506 e. The Morgan fingerprint density at radius 1 is 1.17 bits per heavy atom. The molecule has 5 rings (SSSR count). The summed E-state index contributed by atoms with van der Waals surface area (Å²) in [5.41, 5.74) is 7.04. The summed E-state index contributed by atoms with van der Waals surface area (Å²) < 4.78 is 0. The van der Waals surface area contributed by atoms with Crippen molar-refractivity contribution < 1.29 is 14.7 Å². The average Bonchev–Trinajstić information content (AvgIpc) is 2.97. The van der Waals surface area contributed by atoms with Gasteiger partial charge in [0.05, 0.1) is 23.1 Å². The van der Waals surface area contributed by atoms with Gasteiger partial charge in [-0.3, -0.25) is 9.78 Å². The van der Waals surface area contributed by atoms with Gasteiger partial charge in [-0.05, 0) is 49.6 Å². The average molecular weight is 590 g/mol. The molecule has 12 heteroatoms. The van der Waals surface area contributed by atoms with Crippen LogP contribution in [0.1, 0.15) is 25.3 Å². The maximum atomic E-state index is 13.4. The molecule has 4 N–H and O–H groups in total. The van der Waals surface area contributed by atoms with Crippen molar-refractivity contribution in [1.29, 1.82) is 0 Å². The minimum atomic E-state index is -0.712. The number of benzene rings is 1. The minimum absolute atomic E-state index is 0.111. The standard InChI is InChI=1S/C29H28ClN7O3S/c1-29(31)8-12-37(13-9-29)23-14-34-24(15-33-23)41-22-5-3-4-20(26(22)30)35-28(40)25-21(17-38)36(2)16-19(27(25)39)18-6-10-32-11-7-18/h3-7,10-11,14-16,39H,8-9,12-13,31H2,1-2H3,(H,35,40). The number of carbonyl (C=O) groups excluding carboxylic acids is 2. The number of halogens is 1. The zero-order valence-electron chi connectivity index (χ0n) is 22.5. The number of aromatic nitrogens is 3. The van der Waals surface area contributed by atoms with Crippen molar-refractivity contribution in [2.45, 2.75) is 35.2 Å². The zero-order valence-corrected chi connectivity index (χ0v) is 24.0. The highest BCUT2D eigenvalue weighted by molar-refractivity contribution is 7.99. The quantitative estimate of drug-likeness (QED) is 0.354. The van der Waals surface area contributed by atoms with E-state index in [-0.39, 0.29) is 27.6 Å². The lowest BCUT2D eigenvalue weighted by Gasteiger charge is -2.37. The molecule has 2 aliphatic rings. The van der Waals surface area contributed by atoms with Crippen LogP contribution in [0, 0.1) is 0 Å². The molecule has 2 aliphatic heterocycles. The van der Waals surface area contributed by atoms with Crippen molar-refractivity contribution in [1.82, 2.24) is 19.9 Å². The molecule has 3 aromatic rings. The van der Waals surface area contributed by atoms with Gasteiger partial charge in [-0.2, -0.15) is 0 Å². The van der Waals surface area contributed by atoms with Gasteiger partial charge in [-0.25, -0.2) is 14.8 Å². The number of nitrogens with zero attached hydrogens (tertiary/aromatic N) is 5. The molecule has 4 heterocycles. The van der Waals surface area contributed by atoms with Gasteiger partial charge in [0.1, 0.15) is 27.9 Å². The van der Waals surface area contributed by atoms with Crippen LogP contribution in [0.4, 0.5) is 11.5 Å². The number of amides is 1. The molecule has 0 spiro atoms. The van der Waals surface area contributed by atoms with Crippen LogP contribution in [-0.4, -0.2) is 62.5 Å². The summed E-state index contributed by atoms with van der Waals surface area (Å²) in [4.78, 5) is 42.6. The van der Waals surface area contributed by atoms with E-state index in [9.17, 15) is 14.7 Å². The van der Waals surface area contributed by atoms with Gasteiger partial charge < -0.3 is 26.0 Å². The van der Waals surface area contributed by atoms with Crippen molar-refractivity contribution >= 4 is 52.3 Å². The van der Waals surface area contributed by atoms with E-state index in [1.165, 1.54) is 16.7 Å². The third kappa shape index (κ3) is 6.13. The van der Waals surface area contributed by atoms with Gasteiger partial charge in [-0.1, -0.05) is 29.4 Å². The fourth-order valence-electron chi connectivity index (χ4n) is 4.58. The number of allylic oxidation sites excluding steroid dienone is 1. The first-order chi connectivity index (χ1) is 19.7. The third-order valence-electron chi connectivity index (χ3n) is 6.99. The first-order valence-electron chi connectivity index (χ1n) is 12.8. The number of piperidine rings is 1. The van der Waals surface area contributed by atoms with Crippen LogP contribution in [0.25, 0.3) is 5.57 Å². The Morgan fingerprint density at radius 3 is 2.56 bits per heavy atom. The molecular weight excluding hydrogens is 562 g/mol. The Morgan fingerprint density at radius 2 is 1.90 bits per heavy atom. The fourth-order valence-corrected chi connectivity index (χ4v) is 5.65. The maximum absolute atomic E-state index is 13.4. The number of aliphatic hydroxyl groups is 1. The van der Waals surface area contributed by atoms with E-state index in [4.69, 9.17) is 17.3 Å². The lowest BCUT2D eigenvalue weighted by Crippen LogP contribution is -2.48. The molecule has 1 aromatic carbocycles. The monoisotopic (exact) mass is 589 g/mol. The lowest BCUT2D eigenvalue weighted by atomic mass is 9.91. The highest BCUT2D eigenvalue weighted by Crippen LogP contribution is 2.38.